The molecule has 0 bridgehead atoms. The van der Waals surface area contributed by atoms with Gasteiger partial charge in [0.2, 0.25) is 12.6 Å². The molecule has 3 fully saturated rings. The Balaban J connectivity index is 1.27. The van der Waals surface area contributed by atoms with Crippen molar-refractivity contribution in [2.75, 3.05) is 13.7 Å². The molecule has 1 aliphatic carbocycles. The smallest absolute Gasteiger partial charge is 0.338 e. The first-order valence-electron chi connectivity index (χ1n) is 14.5. The van der Waals surface area contributed by atoms with E-state index in [4.69, 9.17) is 33.2 Å². The second kappa shape index (κ2) is 13.2. The summed E-state index contributed by atoms with van der Waals surface area (Å²) in [7, 11) is 1.33. The van der Waals surface area contributed by atoms with E-state index in [-0.39, 0.29) is 23.5 Å². The van der Waals surface area contributed by atoms with Gasteiger partial charge < -0.3 is 74.0 Å². The van der Waals surface area contributed by atoms with Gasteiger partial charge in [-0.15, -0.1) is 0 Å². The Labute approximate surface area is 257 Å². The average molecular weight is 645 g/mol. The van der Waals surface area contributed by atoms with Crippen LogP contribution in [0.25, 0.3) is 0 Å². The number of fused-ring (bicyclic) bond motifs is 1. The lowest BCUT2D eigenvalue weighted by Crippen LogP contribution is -2.60. The number of rotatable bonds is 8. The zero-order valence-corrected chi connectivity index (χ0v) is 24.7. The second-order valence-corrected chi connectivity index (χ2v) is 11.9. The highest BCUT2D eigenvalue weighted by atomic mass is 16.8. The minimum atomic E-state index is -1.69. The molecule has 1 aromatic rings. The van der Waals surface area contributed by atoms with Crippen LogP contribution in [0.15, 0.2) is 30.5 Å². The van der Waals surface area contributed by atoms with Gasteiger partial charge in [-0.2, -0.15) is 0 Å². The fourth-order valence-electron chi connectivity index (χ4n) is 6.22. The SMILES string of the molecule is COc1cc(C(=O)O[C@@H]2C[C@](C)(O)[C@H]3[C@H](O[C@@H]4O[C@H](CO)[C@@H](O)[C@H](O)[C@H]4O)OC=C[C@H]32)ccc1O[C@@H]1O[C@@H](C)[C@H](O)[C@@H](O)[C@H]1O. The molecule has 0 amide bonds. The highest BCUT2D eigenvalue weighted by Gasteiger charge is 2.58. The molecule has 0 spiro atoms. The van der Waals surface area contributed by atoms with Crippen molar-refractivity contribution in [3.05, 3.63) is 36.1 Å². The van der Waals surface area contributed by atoms with Crippen LogP contribution in [0.1, 0.15) is 30.6 Å². The van der Waals surface area contributed by atoms with E-state index >= 15 is 0 Å². The number of carbonyl (C=O) groups excluding carboxylic acids is 1. The topological polar surface area (TPSA) is 244 Å². The number of benzene rings is 1. The summed E-state index contributed by atoms with van der Waals surface area (Å²) in [5.74, 6) is -2.02. The molecule has 45 heavy (non-hydrogen) atoms. The lowest BCUT2D eigenvalue weighted by atomic mass is 9.85. The Morgan fingerprint density at radius 3 is 2.31 bits per heavy atom. The second-order valence-electron chi connectivity index (χ2n) is 11.9. The summed E-state index contributed by atoms with van der Waals surface area (Å²) in [5, 5.41) is 81.7. The van der Waals surface area contributed by atoms with Crippen molar-refractivity contribution in [2.45, 2.75) is 99.7 Å². The van der Waals surface area contributed by atoms with Gasteiger partial charge in [-0.3, -0.25) is 0 Å². The molecule has 16 heteroatoms. The standard InChI is InChI=1S/C29H40O16/c1-11-19(31)21(33)23(35)27(41-11)43-14-5-4-12(8-15(14)39-3)25(37)42-16-9-29(2,38)18-13(16)6-7-40-26(18)45-28-24(36)22(34)20(32)17(10-30)44-28/h4-8,11,13,16-24,26-28,30-36,38H,9-10H2,1-3H3/t11-,13-,16+,17+,18+,19-,20+,21+,22-,23+,24+,26-,27-,28-,29-/m0/s1. The maximum atomic E-state index is 13.3. The maximum Gasteiger partial charge on any atom is 0.338 e. The van der Waals surface area contributed by atoms with Crippen LogP contribution in [0, 0.1) is 11.8 Å². The van der Waals surface area contributed by atoms with Crippen molar-refractivity contribution in [3.8, 4) is 11.5 Å². The zero-order chi connectivity index (χ0) is 32.8. The van der Waals surface area contributed by atoms with Crippen LogP contribution >= 0.6 is 0 Å². The lowest BCUT2D eigenvalue weighted by molar-refractivity contribution is -0.346. The number of methoxy groups -OCH3 is 1. The predicted octanol–water partition coefficient (Wildman–Crippen LogP) is -2.50. The summed E-state index contributed by atoms with van der Waals surface area (Å²) in [6.45, 7) is 2.37. The maximum absolute atomic E-state index is 13.3. The van der Waals surface area contributed by atoms with E-state index in [0.29, 0.717) is 0 Å². The summed E-state index contributed by atoms with van der Waals surface area (Å²) < 4.78 is 39.1. The molecule has 4 aliphatic rings. The Kier molecular flexibility index (Phi) is 9.93. The molecule has 1 saturated carbocycles. The molecule has 3 heterocycles. The van der Waals surface area contributed by atoms with Gasteiger partial charge in [0.05, 0.1) is 43.2 Å². The third-order valence-corrected chi connectivity index (χ3v) is 8.81. The van der Waals surface area contributed by atoms with E-state index in [1.165, 1.54) is 45.4 Å². The fraction of sp³-hybridized carbons (Fsp3) is 0.690. The molecular formula is C29H40O16. The molecule has 5 rings (SSSR count). The largest absolute Gasteiger partial charge is 0.493 e. The number of hydrogen-bond donors (Lipinski definition) is 8. The Morgan fingerprint density at radius 2 is 1.62 bits per heavy atom. The van der Waals surface area contributed by atoms with Crippen LogP contribution in [0.5, 0.6) is 11.5 Å². The number of hydrogen-bond acceptors (Lipinski definition) is 16. The number of carbonyl (C=O) groups is 1. The molecule has 3 aliphatic heterocycles. The molecule has 2 saturated heterocycles. The van der Waals surface area contributed by atoms with Gasteiger partial charge in [-0.1, -0.05) is 0 Å². The molecular weight excluding hydrogens is 604 g/mol. The number of ether oxygens (including phenoxy) is 7. The van der Waals surface area contributed by atoms with Gasteiger partial charge in [0.1, 0.15) is 48.8 Å². The van der Waals surface area contributed by atoms with Gasteiger partial charge in [0.25, 0.3) is 0 Å². The number of aliphatic hydroxyl groups excluding tert-OH is 7. The van der Waals surface area contributed by atoms with E-state index in [0.717, 1.165) is 0 Å². The zero-order valence-electron chi connectivity index (χ0n) is 24.7. The highest BCUT2D eigenvalue weighted by Crippen LogP contribution is 2.48. The molecule has 8 N–H and O–H groups in total. The van der Waals surface area contributed by atoms with E-state index in [1.807, 2.05) is 0 Å². The van der Waals surface area contributed by atoms with Crippen LogP contribution < -0.4 is 9.47 Å². The monoisotopic (exact) mass is 644 g/mol. The number of aliphatic hydroxyl groups is 8. The number of esters is 1. The summed E-state index contributed by atoms with van der Waals surface area (Å²) >= 11 is 0. The van der Waals surface area contributed by atoms with Crippen molar-refractivity contribution in [1.29, 1.82) is 0 Å². The van der Waals surface area contributed by atoms with E-state index < -0.39 is 104 Å². The van der Waals surface area contributed by atoms with Gasteiger partial charge in [-0.05, 0) is 38.1 Å². The van der Waals surface area contributed by atoms with E-state index in [1.54, 1.807) is 6.08 Å². The van der Waals surface area contributed by atoms with E-state index in [2.05, 4.69) is 0 Å². The van der Waals surface area contributed by atoms with Gasteiger partial charge in [-0.25, -0.2) is 4.79 Å². The summed E-state index contributed by atoms with van der Waals surface area (Å²) in [5.41, 5.74) is -1.42. The van der Waals surface area contributed by atoms with Crippen LogP contribution in [0.2, 0.25) is 0 Å². The van der Waals surface area contributed by atoms with E-state index in [9.17, 15) is 45.6 Å². The summed E-state index contributed by atoms with van der Waals surface area (Å²) in [6.07, 6.45) is -13.4. The fourth-order valence-corrected chi connectivity index (χ4v) is 6.22. The third-order valence-electron chi connectivity index (χ3n) is 8.81. The van der Waals surface area contributed by atoms with Crippen LogP contribution in [-0.4, -0.2) is 140 Å². The quantitative estimate of drug-likeness (QED) is 0.136. The molecule has 0 unspecified atom stereocenters. The molecule has 252 valence electrons. The minimum Gasteiger partial charge on any atom is -0.493 e. The third kappa shape index (κ3) is 6.50. The first-order valence-corrected chi connectivity index (χ1v) is 14.5. The predicted molar refractivity (Wildman–Crippen MR) is 146 cm³/mol. The highest BCUT2D eigenvalue weighted by molar-refractivity contribution is 5.90. The molecule has 16 nitrogen and oxygen atoms in total. The summed E-state index contributed by atoms with van der Waals surface area (Å²) in [6, 6.07) is 4.12. The minimum absolute atomic E-state index is 0.0160. The van der Waals surface area contributed by atoms with Crippen molar-refractivity contribution < 1.29 is 78.8 Å². The molecule has 0 radical (unpaired) electrons. The van der Waals surface area contributed by atoms with Gasteiger partial charge in [0, 0.05) is 12.3 Å². The van der Waals surface area contributed by atoms with Crippen molar-refractivity contribution in [1.82, 2.24) is 0 Å². The Bertz CT molecular complexity index is 1220. The molecule has 0 aromatic heterocycles. The first kappa shape index (κ1) is 33.7. The first-order chi connectivity index (χ1) is 21.3. The molecule has 1 aromatic carbocycles. The Hall–Kier alpha value is -2.61. The lowest BCUT2D eigenvalue weighted by Gasteiger charge is -2.43. The average Bonchev–Trinajstić information content (AvgIpc) is 3.28. The summed E-state index contributed by atoms with van der Waals surface area (Å²) in [4.78, 5) is 13.3. The van der Waals surface area contributed by atoms with Crippen LogP contribution in [-0.2, 0) is 23.7 Å². The van der Waals surface area contributed by atoms with Crippen LogP contribution in [0.4, 0.5) is 0 Å². The normalized spacial score (nSPS) is 44.5. The van der Waals surface area contributed by atoms with Crippen molar-refractivity contribution in [3.63, 3.8) is 0 Å². The Morgan fingerprint density at radius 1 is 0.933 bits per heavy atom. The van der Waals surface area contributed by atoms with Gasteiger partial charge >= 0.3 is 5.97 Å². The van der Waals surface area contributed by atoms with Crippen molar-refractivity contribution >= 4 is 5.97 Å². The van der Waals surface area contributed by atoms with Gasteiger partial charge in [0.15, 0.2) is 17.8 Å². The molecule has 15 atom stereocenters. The van der Waals surface area contributed by atoms with Crippen LogP contribution in [0.3, 0.4) is 0 Å². The van der Waals surface area contributed by atoms with Crippen molar-refractivity contribution in [2.24, 2.45) is 11.8 Å².